The first-order valence-corrected chi connectivity index (χ1v) is 17.1. The minimum atomic E-state index is -0.220. The van der Waals surface area contributed by atoms with Gasteiger partial charge in [0.2, 0.25) is 0 Å². The van der Waals surface area contributed by atoms with Gasteiger partial charge in [0.25, 0.3) is 0 Å². The molecule has 4 heteroatoms. The second-order valence-corrected chi connectivity index (χ2v) is 13.6. The minimum Gasteiger partial charge on any atom is -0.238 e. The summed E-state index contributed by atoms with van der Waals surface area (Å²) in [5.41, 5.74) is 12.9. The van der Waals surface area contributed by atoms with Gasteiger partial charge in [0.1, 0.15) is 0 Å². The Morgan fingerprint density at radius 2 is 0.941 bits per heavy atom. The average molecular weight is 653 g/mol. The summed E-state index contributed by atoms with van der Waals surface area (Å²) < 4.78 is 0. The van der Waals surface area contributed by atoms with E-state index in [4.69, 9.17) is 21.5 Å². The van der Waals surface area contributed by atoms with E-state index in [0.717, 1.165) is 22.3 Å². The number of hydrogen-bond acceptors (Lipinski definition) is 3. The highest BCUT2D eigenvalue weighted by atomic mass is 15.0. The predicted octanol–water partition coefficient (Wildman–Crippen LogP) is 12.2. The van der Waals surface area contributed by atoms with Crippen molar-refractivity contribution >= 4 is 16.5 Å². The molecule has 0 fully saturated rings. The van der Waals surface area contributed by atoms with Crippen molar-refractivity contribution in [3.05, 3.63) is 180 Å². The molecule has 1 aliphatic rings. The van der Waals surface area contributed by atoms with E-state index in [9.17, 15) is 0 Å². The van der Waals surface area contributed by atoms with E-state index in [0.29, 0.717) is 23.2 Å². The van der Waals surface area contributed by atoms with Crippen molar-refractivity contribution in [3.8, 4) is 67.5 Å². The zero-order chi connectivity index (χ0) is 34.5. The van der Waals surface area contributed by atoms with Crippen LogP contribution >= 0.6 is 0 Å². The lowest BCUT2D eigenvalue weighted by molar-refractivity contribution is 0.661. The number of nitrogens with zero attached hydrogens (tertiary/aromatic N) is 4. The molecule has 51 heavy (non-hydrogen) atoms. The quantitative estimate of drug-likeness (QED) is 0.174. The molecule has 7 aromatic carbocycles. The molecule has 8 aromatic rings. The molecule has 4 nitrogen and oxygen atoms in total. The van der Waals surface area contributed by atoms with Crippen LogP contribution in [0.25, 0.3) is 83.2 Å². The fraction of sp³-hybridized carbons (Fsp3) is 0.0638. The molecule has 0 spiro atoms. The molecule has 0 unspecified atom stereocenters. The van der Waals surface area contributed by atoms with Crippen LogP contribution in [-0.4, -0.2) is 15.0 Å². The molecule has 0 N–H and O–H groups in total. The zero-order valence-corrected chi connectivity index (χ0v) is 28.3. The number of aromatic nitrogens is 3. The van der Waals surface area contributed by atoms with Crippen LogP contribution in [0.15, 0.2) is 158 Å². The predicted molar refractivity (Wildman–Crippen MR) is 208 cm³/mol. The normalized spacial score (nSPS) is 12.6. The topological polar surface area (TPSA) is 43.0 Å². The molecular weight excluding hydrogens is 621 g/mol. The van der Waals surface area contributed by atoms with Crippen molar-refractivity contribution in [3.63, 3.8) is 0 Å². The fourth-order valence-electron chi connectivity index (χ4n) is 7.51. The van der Waals surface area contributed by atoms with Gasteiger partial charge in [-0.15, -0.1) is 0 Å². The van der Waals surface area contributed by atoms with Crippen LogP contribution in [0.1, 0.15) is 25.0 Å². The highest BCUT2D eigenvalue weighted by Gasteiger charge is 2.35. The van der Waals surface area contributed by atoms with Crippen LogP contribution in [-0.2, 0) is 5.41 Å². The summed E-state index contributed by atoms with van der Waals surface area (Å²) >= 11 is 0. The summed E-state index contributed by atoms with van der Waals surface area (Å²) in [7, 11) is 0. The maximum Gasteiger partial charge on any atom is 0.187 e. The lowest BCUT2D eigenvalue weighted by atomic mass is 9.81. The van der Waals surface area contributed by atoms with Crippen LogP contribution in [0, 0.1) is 6.57 Å². The Kier molecular flexibility index (Phi) is 7.15. The second kappa shape index (κ2) is 12.0. The summed E-state index contributed by atoms with van der Waals surface area (Å²) in [4.78, 5) is 18.5. The third-order valence-electron chi connectivity index (χ3n) is 10.2. The maximum absolute atomic E-state index is 7.58. The number of benzene rings is 7. The lowest BCUT2D eigenvalue weighted by Gasteiger charge is -2.23. The van der Waals surface area contributed by atoms with E-state index >= 15 is 0 Å². The average Bonchev–Trinajstić information content (AvgIpc) is 3.42. The standard InChI is InChI=1S/C47H32N4/c1-47(2)41-28-35(23-26-39(41)40-27-24-36(48-3)29-42(40)47)38-25-22-30-12-10-11-17-37(30)43(38)31-18-20-34(21-19-31)46-50-44(32-13-6-4-7-14-32)49-45(51-46)33-15-8-5-9-16-33/h4-29H,1-2H3. The molecule has 0 radical (unpaired) electrons. The lowest BCUT2D eigenvalue weighted by Crippen LogP contribution is -2.15. The Bertz CT molecular complexity index is 2600. The van der Waals surface area contributed by atoms with Gasteiger partial charge in [-0.2, -0.15) is 0 Å². The summed E-state index contributed by atoms with van der Waals surface area (Å²) in [5, 5.41) is 2.39. The Labute approximate surface area is 297 Å². The molecule has 1 aromatic heterocycles. The highest BCUT2D eigenvalue weighted by Crippen LogP contribution is 2.51. The summed E-state index contributed by atoms with van der Waals surface area (Å²) in [6, 6.07) is 54.8. The van der Waals surface area contributed by atoms with Crippen LogP contribution < -0.4 is 0 Å². The molecule has 0 saturated carbocycles. The van der Waals surface area contributed by atoms with Crippen molar-refractivity contribution in [1.29, 1.82) is 0 Å². The third kappa shape index (κ3) is 5.19. The molecule has 1 heterocycles. The molecule has 0 atom stereocenters. The van der Waals surface area contributed by atoms with Crippen molar-refractivity contribution in [2.75, 3.05) is 0 Å². The van der Waals surface area contributed by atoms with Crippen LogP contribution in [0.5, 0.6) is 0 Å². The second-order valence-electron chi connectivity index (χ2n) is 13.6. The highest BCUT2D eigenvalue weighted by molar-refractivity contribution is 6.04. The molecular formula is C47H32N4. The maximum atomic E-state index is 7.58. The van der Waals surface area contributed by atoms with Crippen LogP contribution in [0.4, 0.5) is 5.69 Å². The van der Waals surface area contributed by atoms with Crippen molar-refractivity contribution in [2.24, 2.45) is 0 Å². The van der Waals surface area contributed by atoms with Gasteiger partial charge in [0.15, 0.2) is 23.2 Å². The zero-order valence-electron chi connectivity index (χ0n) is 28.3. The van der Waals surface area contributed by atoms with Crippen LogP contribution in [0.3, 0.4) is 0 Å². The molecule has 1 aliphatic carbocycles. The minimum absolute atomic E-state index is 0.220. The van der Waals surface area contributed by atoms with Gasteiger partial charge < -0.3 is 0 Å². The van der Waals surface area contributed by atoms with E-state index in [1.807, 2.05) is 66.7 Å². The molecule has 0 aliphatic heterocycles. The smallest absolute Gasteiger partial charge is 0.187 e. The van der Waals surface area contributed by atoms with Crippen LogP contribution in [0.2, 0.25) is 0 Å². The van der Waals surface area contributed by atoms with Crippen molar-refractivity contribution < 1.29 is 0 Å². The van der Waals surface area contributed by atoms with E-state index < -0.39 is 0 Å². The molecule has 0 bridgehead atoms. The Morgan fingerprint density at radius 1 is 0.451 bits per heavy atom. The van der Waals surface area contributed by atoms with Crippen molar-refractivity contribution in [2.45, 2.75) is 19.3 Å². The number of rotatable bonds is 5. The number of fused-ring (bicyclic) bond motifs is 4. The van der Waals surface area contributed by atoms with Gasteiger partial charge in [-0.05, 0) is 61.3 Å². The van der Waals surface area contributed by atoms with Gasteiger partial charge in [-0.1, -0.05) is 166 Å². The third-order valence-corrected chi connectivity index (χ3v) is 10.2. The Morgan fingerprint density at radius 3 is 1.57 bits per heavy atom. The van der Waals surface area contributed by atoms with Gasteiger partial charge in [0.05, 0.1) is 6.57 Å². The monoisotopic (exact) mass is 652 g/mol. The molecule has 240 valence electrons. The van der Waals surface area contributed by atoms with E-state index in [-0.39, 0.29) is 5.41 Å². The van der Waals surface area contributed by atoms with E-state index in [1.54, 1.807) is 0 Å². The first-order valence-electron chi connectivity index (χ1n) is 17.1. The van der Waals surface area contributed by atoms with Gasteiger partial charge in [-0.25, -0.2) is 19.8 Å². The van der Waals surface area contributed by atoms with Gasteiger partial charge in [0, 0.05) is 22.1 Å². The fourth-order valence-corrected chi connectivity index (χ4v) is 7.51. The summed E-state index contributed by atoms with van der Waals surface area (Å²) in [5.74, 6) is 1.92. The van der Waals surface area contributed by atoms with Gasteiger partial charge in [-0.3, -0.25) is 0 Å². The largest absolute Gasteiger partial charge is 0.238 e. The SMILES string of the molecule is [C-]#[N+]c1ccc2c(c1)C(C)(C)c1cc(-c3ccc4ccccc4c3-c3ccc(-c4nc(-c5ccccc5)nc(-c5ccccc5)n4)cc3)ccc1-2. The Hall–Kier alpha value is -6.70. The summed E-state index contributed by atoms with van der Waals surface area (Å²) in [6.45, 7) is 12.1. The van der Waals surface area contributed by atoms with Gasteiger partial charge >= 0.3 is 0 Å². The first kappa shape index (κ1) is 30.4. The Balaban J connectivity index is 1.17. The molecule has 9 rings (SSSR count). The summed E-state index contributed by atoms with van der Waals surface area (Å²) in [6.07, 6.45) is 0. The number of hydrogen-bond donors (Lipinski definition) is 0. The molecule has 0 amide bonds. The van der Waals surface area contributed by atoms with Crippen molar-refractivity contribution in [1.82, 2.24) is 15.0 Å². The molecule has 0 saturated heterocycles. The first-order chi connectivity index (χ1) is 25.0. The van der Waals surface area contributed by atoms with E-state index in [1.165, 1.54) is 49.7 Å². The van der Waals surface area contributed by atoms with E-state index in [2.05, 4.69) is 110 Å².